The highest BCUT2D eigenvalue weighted by Gasteiger charge is 2.10. The number of nitrogens with zero attached hydrogens (tertiary/aromatic N) is 1. The number of amidine groups is 1. The van der Waals surface area contributed by atoms with Gasteiger partial charge in [-0.05, 0) is 18.2 Å². The molecule has 0 bridgehead atoms. The molecule has 0 unspecified atom stereocenters. The zero-order chi connectivity index (χ0) is 11.4. The normalized spacial score (nSPS) is 11.2. The molecule has 6 heteroatoms. The molecule has 3 N–H and O–H groups in total. The van der Waals surface area contributed by atoms with Crippen molar-refractivity contribution in [3.63, 3.8) is 0 Å². The van der Waals surface area contributed by atoms with Crippen LogP contribution in [-0.4, -0.2) is 24.1 Å². The third-order valence-electron chi connectivity index (χ3n) is 1.77. The Kier molecular flexibility index (Phi) is 3.68. The van der Waals surface area contributed by atoms with Crippen LogP contribution in [0.4, 0.5) is 0 Å². The van der Waals surface area contributed by atoms with E-state index in [9.17, 15) is 4.79 Å². The number of oxime groups is 1. The number of nitrogens with two attached hydrogens (primary N) is 1. The van der Waals surface area contributed by atoms with Gasteiger partial charge in [-0.25, -0.2) is 4.79 Å². The summed E-state index contributed by atoms with van der Waals surface area (Å²) < 4.78 is 5.10. The van der Waals surface area contributed by atoms with Gasteiger partial charge in [-0.1, -0.05) is 21.1 Å². The van der Waals surface area contributed by atoms with Crippen molar-refractivity contribution in [1.29, 1.82) is 0 Å². The molecule has 0 aromatic heterocycles. The summed E-state index contributed by atoms with van der Waals surface area (Å²) >= 11 is 3.21. The van der Waals surface area contributed by atoms with E-state index in [0.717, 1.165) is 0 Å². The first kappa shape index (κ1) is 11.5. The largest absolute Gasteiger partial charge is 0.465 e. The van der Waals surface area contributed by atoms with E-state index < -0.39 is 5.97 Å². The lowest BCUT2D eigenvalue weighted by molar-refractivity contribution is 0.0600. The molecule has 5 nitrogen and oxygen atoms in total. The van der Waals surface area contributed by atoms with Crippen molar-refractivity contribution < 1.29 is 14.7 Å². The predicted octanol–water partition coefficient (Wildman–Crippen LogP) is 1.33. The van der Waals surface area contributed by atoms with Crippen molar-refractivity contribution in [3.05, 3.63) is 33.8 Å². The monoisotopic (exact) mass is 272 g/mol. The number of hydrogen-bond acceptors (Lipinski definition) is 4. The van der Waals surface area contributed by atoms with E-state index in [1.165, 1.54) is 13.2 Å². The number of benzene rings is 1. The number of carbonyl (C=O) groups is 1. The van der Waals surface area contributed by atoms with Gasteiger partial charge >= 0.3 is 5.97 Å². The van der Waals surface area contributed by atoms with Gasteiger partial charge in [-0.3, -0.25) is 0 Å². The van der Waals surface area contributed by atoms with Crippen molar-refractivity contribution in [2.75, 3.05) is 7.11 Å². The van der Waals surface area contributed by atoms with E-state index in [2.05, 4.69) is 25.8 Å². The molecule has 80 valence electrons. The second-order valence-electron chi connectivity index (χ2n) is 2.67. The summed E-state index contributed by atoms with van der Waals surface area (Å²) in [5, 5.41) is 11.4. The van der Waals surface area contributed by atoms with E-state index in [0.29, 0.717) is 15.6 Å². The van der Waals surface area contributed by atoms with Crippen molar-refractivity contribution >= 4 is 27.7 Å². The molecule has 0 radical (unpaired) electrons. The van der Waals surface area contributed by atoms with Crippen LogP contribution in [0, 0.1) is 0 Å². The maximum absolute atomic E-state index is 11.2. The highest BCUT2D eigenvalue weighted by molar-refractivity contribution is 9.10. The van der Waals surface area contributed by atoms with Crippen LogP contribution in [0.15, 0.2) is 27.8 Å². The maximum Gasteiger partial charge on any atom is 0.337 e. The highest BCUT2D eigenvalue weighted by atomic mass is 79.9. The summed E-state index contributed by atoms with van der Waals surface area (Å²) in [6.07, 6.45) is 0. The van der Waals surface area contributed by atoms with Gasteiger partial charge in [0.15, 0.2) is 5.84 Å². The minimum atomic E-state index is -0.443. The Hall–Kier alpha value is -1.56. The summed E-state index contributed by atoms with van der Waals surface area (Å²) in [5.74, 6) is -0.472. The van der Waals surface area contributed by atoms with Gasteiger partial charge in [0.1, 0.15) is 0 Å². The van der Waals surface area contributed by atoms with Crippen molar-refractivity contribution in [2.24, 2.45) is 10.9 Å². The predicted molar refractivity (Wildman–Crippen MR) is 58.0 cm³/mol. The van der Waals surface area contributed by atoms with E-state index in [1.54, 1.807) is 12.1 Å². The van der Waals surface area contributed by atoms with E-state index in [1.807, 2.05) is 0 Å². The van der Waals surface area contributed by atoms with Gasteiger partial charge in [-0.15, -0.1) is 0 Å². The summed E-state index contributed by atoms with van der Waals surface area (Å²) in [7, 11) is 1.30. The molecule has 1 aromatic carbocycles. The second-order valence-corrected chi connectivity index (χ2v) is 3.53. The summed E-state index contributed by atoms with van der Waals surface area (Å²) in [5.41, 5.74) is 6.30. The van der Waals surface area contributed by atoms with Crippen LogP contribution in [0.5, 0.6) is 0 Å². The molecule has 1 aromatic rings. The molecule has 15 heavy (non-hydrogen) atoms. The van der Waals surface area contributed by atoms with Gasteiger partial charge in [0.05, 0.1) is 12.7 Å². The van der Waals surface area contributed by atoms with Gasteiger partial charge < -0.3 is 15.7 Å². The van der Waals surface area contributed by atoms with Crippen molar-refractivity contribution in [2.45, 2.75) is 0 Å². The highest BCUT2D eigenvalue weighted by Crippen LogP contribution is 2.18. The first-order valence-corrected chi connectivity index (χ1v) is 4.75. The fourth-order valence-electron chi connectivity index (χ4n) is 1.02. The zero-order valence-corrected chi connectivity index (χ0v) is 9.48. The Bertz CT molecular complexity index is 418. The summed E-state index contributed by atoms with van der Waals surface area (Å²) in [6, 6.07) is 4.63. The van der Waals surface area contributed by atoms with Crippen LogP contribution >= 0.6 is 15.9 Å². The minimum absolute atomic E-state index is 0.0294. The first-order chi connectivity index (χ1) is 7.10. The zero-order valence-electron chi connectivity index (χ0n) is 7.90. The molecular formula is C9H9BrN2O3. The standard InChI is InChI=1S/C9H9BrN2O3/c1-15-9(13)5-2-3-6(7(10)4-5)8(11)12-14/h2-4,14H,1H3,(H2,11,12). The molecule has 0 saturated carbocycles. The lowest BCUT2D eigenvalue weighted by Gasteiger charge is -2.04. The van der Waals surface area contributed by atoms with Crippen LogP contribution in [0.1, 0.15) is 15.9 Å². The Morgan fingerprint density at radius 2 is 2.27 bits per heavy atom. The average molecular weight is 273 g/mol. The molecule has 0 heterocycles. The number of hydrogen-bond donors (Lipinski definition) is 2. The molecule has 0 amide bonds. The minimum Gasteiger partial charge on any atom is -0.465 e. The number of halogens is 1. The molecule has 1 rings (SSSR count). The Morgan fingerprint density at radius 1 is 1.60 bits per heavy atom. The van der Waals surface area contributed by atoms with E-state index in [4.69, 9.17) is 10.9 Å². The molecule has 0 aliphatic carbocycles. The fourth-order valence-corrected chi connectivity index (χ4v) is 1.60. The number of esters is 1. The van der Waals surface area contributed by atoms with Crippen LogP contribution in [-0.2, 0) is 4.74 Å². The third-order valence-corrected chi connectivity index (χ3v) is 2.43. The lowest BCUT2D eigenvalue weighted by Crippen LogP contribution is -2.14. The van der Waals surface area contributed by atoms with Gasteiger partial charge in [0.2, 0.25) is 0 Å². The Morgan fingerprint density at radius 3 is 2.73 bits per heavy atom. The average Bonchev–Trinajstić information content (AvgIpc) is 2.26. The number of methoxy groups -OCH3 is 1. The van der Waals surface area contributed by atoms with Gasteiger partial charge in [0.25, 0.3) is 0 Å². The van der Waals surface area contributed by atoms with Crippen molar-refractivity contribution in [1.82, 2.24) is 0 Å². The Labute approximate surface area is 94.7 Å². The quantitative estimate of drug-likeness (QED) is 0.280. The topological polar surface area (TPSA) is 84.9 Å². The van der Waals surface area contributed by atoms with E-state index >= 15 is 0 Å². The number of rotatable bonds is 2. The number of carbonyl (C=O) groups excluding carboxylic acids is 1. The van der Waals surface area contributed by atoms with Crippen LogP contribution in [0.2, 0.25) is 0 Å². The molecule has 0 aliphatic heterocycles. The molecule has 0 saturated heterocycles. The summed E-state index contributed by atoms with van der Waals surface area (Å²) in [6.45, 7) is 0. The first-order valence-electron chi connectivity index (χ1n) is 3.96. The molecular weight excluding hydrogens is 264 g/mol. The maximum atomic E-state index is 11.2. The summed E-state index contributed by atoms with van der Waals surface area (Å²) in [4.78, 5) is 11.2. The number of ether oxygens (including phenoxy) is 1. The SMILES string of the molecule is COC(=O)c1ccc(/C(N)=N/O)c(Br)c1. The van der Waals surface area contributed by atoms with Crippen molar-refractivity contribution in [3.8, 4) is 0 Å². The molecule has 0 atom stereocenters. The molecule has 0 spiro atoms. The van der Waals surface area contributed by atoms with Crippen LogP contribution in [0.3, 0.4) is 0 Å². The van der Waals surface area contributed by atoms with Crippen LogP contribution < -0.4 is 5.73 Å². The van der Waals surface area contributed by atoms with Gasteiger partial charge in [-0.2, -0.15) is 0 Å². The van der Waals surface area contributed by atoms with Crippen LogP contribution in [0.25, 0.3) is 0 Å². The Balaban J connectivity index is 3.14. The van der Waals surface area contributed by atoms with E-state index in [-0.39, 0.29) is 5.84 Å². The lowest BCUT2D eigenvalue weighted by atomic mass is 10.1. The van der Waals surface area contributed by atoms with Gasteiger partial charge in [0, 0.05) is 10.0 Å². The molecule has 0 aliphatic rings. The third kappa shape index (κ3) is 2.47. The smallest absolute Gasteiger partial charge is 0.337 e. The molecule has 0 fully saturated rings. The second kappa shape index (κ2) is 4.79. The fraction of sp³-hybridized carbons (Fsp3) is 0.111.